The topological polar surface area (TPSA) is 52.9 Å². The summed E-state index contributed by atoms with van der Waals surface area (Å²) in [6.07, 6.45) is 1.87. The molecule has 0 aliphatic rings. The number of benzene rings is 1. The predicted octanol–water partition coefficient (Wildman–Crippen LogP) is 2.34. The van der Waals surface area contributed by atoms with Crippen LogP contribution >= 0.6 is 11.6 Å². The summed E-state index contributed by atoms with van der Waals surface area (Å²) in [5.41, 5.74) is 2.17. The van der Waals surface area contributed by atoms with Gasteiger partial charge < -0.3 is 19.7 Å². The fourth-order valence-corrected chi connectivity index (χ4v) is 2.69. The van der Waals surface area contributed by atoms with Crippen LogP contribution in [0.5, 0.6) is 0 Å². The summed E-state index contributed by atoms with van der Waals surface area (Å²) in [7, 11) is 7.37. The molecule has 0 aliphatic heterocycles. The first-order chi connectivity index (χ1) is 12.4. The van der Waals surface area contributed by atoms with Gasteiger partial charge in [0.15, 0.2) is 5.96 Å². The molecule has 0 aliphatic carbocycles. The van der Waals surface area contributed by atoms with E-state index in [0.29, 0.717) is 24.1 Å². The molecule has 1 aromatic heterocycles. The summed E-state index contributed by atoms with van der Waals surface area (Å²) in [6, 6.07) is 11.9. The second-order valence-corrected chi connectivity index (χ2v) is 6.82. The quantitative estimate of drug-likeness (QED) is 0.623. The maximum absolute atomic E-state index is 11.9. The summed E-state index contributed by atoms with van der Waals surface area (Å²) >= 11 is 6.07. The van der Waals surface area contributed by atoms with Crippen molar-refractivity contribution in [3.05, 3.63) is 58.9 Å². The van der Waals surface area contributed by atoms with E-state index in [-0.39, 0.29) is 12.5 Å². The highest BCUT2D eigenvalue weighted by Crippen LogP contribution is 2.14. The van der Waals surface area contributed by atoms with E-state index in [4.69, 9.17) is 11.6 Å². The van der Waals surface area contributed by atoms with Gasteiger partial charge in [0.25, 0.3) is 0 Å². The van der Waals surface area contributed by atoms with Crippen molar-refractivity contribution in [1.82, 2.24) is 19.7 Å². The number of carbonyl (C=O) groups is 1. The van der Waals surface area contributed by atoms with E-state index in [1.165, 1.54) is 0 Å². The lowest BCUT2D eigenvalue weighted by molar-refractivity contribution is -0.127. The maximum Gasteiger partial charge on any atom is 0.241 e. The molecule has 0 radical (unpaired) electrons. The molecule has 0 spiro atoms. The SMILES string of the molecule is CN(C)C(=O)CNC(=NCc1ccccc1)N(C)Cc1cc(Cl)cn1C. The van der Waals surface area contributed by atoms with Gasteiger partial charge in [-0.2, -0.15) is 0 Å². The minimum Gasteiger partial charge on any atom is -0.351 e. The first kappa shape index (κ1) is 19.8. The van der Waals surface area contributed by atoms with Crippen molar-refractivity contribution in [2.45, 2.75) is 13.1 Å². The number of nitrogens with zero attached hydrogens (tertiary/aromatic N) is 4. The number of hydrogen-bond donors (Lipinski definition) is 1. The largest absolute Gasteiger partial charge is 0.351 e. The van der Waals surface area contributed by atoms with Crippen LogP contribution in [0, 0.1) is 0 Å². The Hall–Kier alpha value is -2.47. The number of aromatic nitrogens is 1. The van der Waals surface area contributed by atoms with Crippen LogP contribution in [-0.4, -0.2) is 53.9 Å². The Kier molecular flexibility index (Phi) is 7.09. The molecule has 0 unspecified atom stereocenters. The third kappa shape index (κ3) is 5.81. The molecule has 26 heavy (non-hydrogen) atoms. The molecule has 140 valence electrons. The number of nitrogens with one attached hydrogen (secondary N) is 1. The number of halogens is 1. The Bertz CT molecular complexity index is 755. The van der Waals surface area contributed by atoms with E-state index < -0.39 is 0 Å². The van der Waals surface area contributed by atoms with Gasteiger partial charge in [-0.1, -0.05) is 41.9 Å². The summed E-state index contributed by atoms with van der Waals surface area (Å²) in [5, 5.41) is 3.86. The van der Waals surface area contributed by atoms with Crippen molar-refractivity contribution in [1.29, 1.82) is 0 Å². The fraction of sp³-hybridized carbons (Fsp3) is 0.368. The number of hydrogen-bond acceptors (Lipinski definition) is 2. The molecule has 6 nitrogen and oxygen atoms in total. The lowest BCUT2D eigenvalue weighted by Crippen LogP contribution is -2.43. The van der Waals surface area contributed by atoms with E-state index in [1.54, 1.807) is 19.0 Å². The second-order valence-electron chi connectivity index (χ2n) is 6.38. The zero-order valence-corrected chi connectivity index (χ0v) is 16.5. The monoisotopic (exact) mass is 375 g/mol. The van der Waals surface area contributed by atoms with Crippen LogP contribution in [-0.2, 0) is 24.9 Å². The Labute approximate surface area is 160 Å². The highest BCUT2D eigenvalue weighted by atomic mass is 35.5. The van der Waals surface area contributed by atoms with Crippen molar-refractivity contribution < 1.29 is 4.79 Å². The van der Waals surface area contributed by atoms with E-state index in [1.807, 2.05) is 66.2 Å². The van der Waals surface area contributed by atoms with Gasteiger partial charge in [-0.25, -0.2) is 4.99 Å². The van der Waals surface area contributed by atoms with Gasteiger partial charge in [0.1, 0.15) is 0 Å². The molecule has 2 rings (SSSR count). The normalized spacial score (nSPS) is 11.3. The number of aryl methyl sites for hydroxylation is 1. The van der Waals surface area contributed by atoms with E-state index in [9.17, 15) is 4.79 Å². The molecule has 0 atom stereocenters. The summed E-state index contributed by atoms with van der Waals surface area (Å²) in [6.45, 7) is 1.36. The number of aliphatic imine (C=N–C) groups is 1. The minimum atomic E-state index is -0.00674. The molecule has 7 heteroatoms. The minimum absolute atomic E-state index is 0.00674. The molecular formula is C19H26ClN5O. The summed E-state index contributed by atoms with van der Waals surface area (Å²) in [5.74, 6) is 0.661. The average molecular weight is 376 g/mol. The molecule has 1 heterocycles. The Morgan fingerprint density at radius 1 is 1.23 bits per heavy atom. The van der Waals surface area contributed by atoms with Gasteiger partial charge in [0, 0.05) is 40.1 Å². The van der Waals surface area contributed by atoms with Gasteiger partial charge in [0.05, 0.1) is 24.7 Å². The first-order valence-corrected chi connectivity index (χ1v) is 8.79. The van der Waals surface area contributed by atoms with Gasteiger partial charge in [-0.15, -0.1) is 0 Å². The number of carbonyl (C=O) groups excluding carboxylic acids is 1. The fourth-order valence-electron chi connectivity index (χ4n) is 2.42. The number of guanidine groups is 1. The number of amides is 1. The van der Waals surface area contributed by atoms with Crippen LogP contribution in [0.4, 0.5) is 0 Å². The van der Waals surface area contributed by atoms with Gasteiger partial charge in [0.2, 0.25) is 5.91 Å². The molecule has 0 fully saturated rings. The molecule has 0 bridgehead atoms. The van der Waals surface area contributed by atoms with E-state index in [0.717, 1.165) is 11.3 Å². The van der Waals surface area contributed by atoms with Crippen LogP contribution in [0.2, 0.25) is 5.02 Å². The van der Waals surface area contributed by atoms with Crippen molar-refractivity contribution >= 4 is 23.5 Å². The standard InChI is InChI=1S/C19H26ClN5O/c1-23(2)18(26)12-22-19(21-11-15-8-6-5-7-9-15)25(4)14-17-10-16(20)13-24(17)3/h5-10,13H,11-12,14H2,1-4H3,(H,21,22). The van der Waals surface area contributed by atoms with E-state index in [2.05, 4.69) is 10.3 Å². The summed E-state index contributed by atoms with van der Waals surface area (Å²) < 4.78 is 1.98. The van der Waals surface area contributed by atoms with E-state index >= 15 is 0 Å². The van der Waals surface area contributed by atoms with Crippen molar-refractivity contribution in [2.24, 2.45) is 12.0 Å². The zero-order chi connectivity index (χ0) is 19.1. The van der Waals surface area contributed by atoms with Gasteiger partial charge >= 0.3 is 0 Å². The Morgan fingerprint density at radius 3 is 2.50 bits per heavy atom. The lowest BCUT2D eigenvalue weighted by atomic mass is 10.2. The first-order valence-electron chi connectivity index (χ1n) is 8.41. The van der Waals surface area contributed by atoms with Crippen molar-refractivity contribution in [3.63, 3.8) is 0 Å². The van der Waals surface area contributed by atoms with Crippen LogP contribution in [0.3, 0.4) is 0 Å². The maximum atomic E-state index is 11.9. The molecule has 0 saturated heterocycles. The molecule has 1 amide bonds. The Morgan fingerprint density at radius 2 is 1.92 bits per heavy atom. The number of rotatable bonds is 6. The molecule has 2 aromatic rings. The van der Waals surface area contributed by atoms with Crippen LogP contribution in [0.15, 0.2) is 47.6 Å². The van der Waals surface area contributed by atoms with Gasteiger partial charge in [-0.3, -0.25) is 4.79 Å². The van der Waals surface area contributed by atoms with Gasteiger partial charge in [-0.05, 0) is 11.6 Å². The smallest absolute Gasteiger partial charge is 0.241 e. The lowest BCUT2D eigenvalue weighted by Gasteiger charge is -2.23. The molecule has 1 aromatic carbocycles. The molecule has 0 saturated carbocycles. The van der Waals surface area contributed by atoms with Crippen LogP contribution in [0.25, 0.3) is 0 Å². The highest BCUT2D eigenvalue weighted by molar-refractivity contribution is 6.30. The number of likely N-dealkylation sites (N-methyl/N-ethyl adjacent to an activating group) is 1. The molecule has 1 N–H and O–H groups in total. The highest BCUT2D eigenvalue weighted by Gasteiger charge is 2.12. The predicted molar refractivity (Wildman–Crippen MR) is 106 cm³/mol. The zero-order valence-electron chi connectivity index (χ0n) is 15.7. The third-order valence-corrected chi connectivity index (χ3v) is 4.19. The van der Waals surface area contributed by atoms with Crippen molar-refractivity contribution in [3.8, 4) is 0 Å². The van der Waals surface area contributed by atoms with Crippen molar-refractivity contribution in [2.75, 3.05) is 27.7 Å². The third-order valence-electron chi connectivity index (χ3n) is 3.99. The summed E-state index contributed by atoms with van der Waals surface area (Å²) in [4.78, 5) is 20.1. The molecular weight excluding hydrogens is 350 g/mol. The average Bonchev–Trinajstić information content (AvgIpc) is 2.92. The Balaban J connectivity index is 2.12. The van der Waals surface area contributed by atoms with Crippen LogP contribution in [0.1, 0.15) is 11.3 Å². The second kappa shape index (κ2) is 9.29. The van der Waals surface area contributed by atoms with Crippen LogP contribution < -0.4 is 5.32 Å².